The second kappa shape index (κ2) is 6.96. The van der Waals surface area contributed by atoms with E-state index < -0.39 is 22.8 Å². The Morgan fingerprint density at radius 2 is 2.08 bits per heavy atom. The van der Waals surface area contributed by atoms with Crippen LogP contribution in [0.5, 0.6) is 0 Å². The molecule has 6 nitrogen and oxygen atoms in total. The monoisotopic (exact) mass is 358 g/mol. The Balaban J connectivity index is 2.18. The second-order valence-electron chi connectivity index (χ2n) is 5.35. The molecule has 0 aliphatic heterocycles. The van der Waals surface area contributed by atoms with Crippen molar-refractivity contribution in [1.29, 1.82) is 0 Å². The fourth-order valence-electron chi connectivity index (χ4n) is 2.50. The summed E-state index contributed by atoms with van der Waals surface area (Å²) < 4.78 is 35.3. The number of fused-ring (bicyclic) bond motifs is 1. The van der Waals surface area contributed by atoms with Crippen LogP contribution in [0.2, 0.25) is 0 Å². The number of hydrogen-bond acceptors (Lipinski definition) is 5. The zero-order valence-electron chi connectivity index (χ0n) is 12.9. The van der Waals surface area contributed by atoms with Gasteiger partial charge in [0.2, 0.25) is 0 Å². The van der Waals surface area contributed by atoms with Crippen molar-refractivity contribution in [3.05, 3.63) is 65.6 Å². The lowest BCUT2D eigenvalue weighted by Gasteiger charge is -2.14. The Labute approximate surface area is 145 Å². The number of anilines is 2. The van der Waals surface area contributed by atoms with E-state index in [9.17, 15) is 17.9 Å². The maximum absolute atomic E-state index is 13.4. The lowest BCUT2D eigenvalue weighted by Crippen LogP contribution is -2.14. The number of halogens is 1. The zero-order chi connectivity index (χ0) is 18.0. The number of nitrogens with two attached hydrogens (primary N) is 1. The van der Waals surface area contributed by atoms with Gasteiger partial charge in [-0.15, -0.1) is 0 Å². The van der Waals surface area contributed by atoms with Crippen LogP contribution in [0.1, 0.15) is 15.9 Å². The molecule has 3 aromatic rings. The van der Waals surface area contributed by atoms with Crippen LogP contribution in [-0.4, -0.2) is 19.7 Å². The average molecular weight is 358 g/mol. The van der Waals surface area contributed by atoms with Crippen molar-refractivity contribution >= 4 is 39.3 Å². The van der Waals surface area contributed by atoms with Crippen molar-refractivity contribution < 1.29 is 17.9 Å². The summed E-state index contributed by atoms with van der Waals surface area (Å²) in [6.07, 6.45) is 1.33. The minimum absolute atomic E-state index is 0.122. The van der Waals surface area contributed by atoms with Crippen LogP contribution in [-0.2, 0) is 16.8 Å². The van der Waals surface area contributed by atoms with Gasteiger partial charge in [-0.25, -0.2) is 4.39 Å². The number of aromatic nitrogens is 1. The molecule has 25 heavy (non-hydrogen) atoms. The summed E-state index contributed by atoms with van der Waals surface area (Å²) in [5.41, 5.74) is 7.39. The lowest BCUT2D eigenvalue weighted by atomic mass is 10.1. The topological polar surface area (TPSA) is 108 Å². The molecule has 1 aromatic heterocycles. The first-order valence-corrected chi connectivity index (χ1v) is 8.48. The Bertz CT molecular complexity index is 994. The van der Waals surface area contributed by atoms with Crippen molar-refractivity contribution in [3.8, 4) is 0 Å². The van der Waals surface area contributed by atoms with E-state index in [1.165, 1.54) is 24.4 Å². The van der Waals surface area contributed by atoms with Gasteiger partial charge in [0.05, 0.1) is 16.8 Å². The van der Waals surface area contributed by atoms with Crippen LogP contribution < -0.4 is 11.1 Å². The molecule has 3 N–H and O–H groups in total. The Morgan fingerprint density at radius 1 is 1.28 bits per heavy atom. The molecule has 1 atom stereocenters. The van der Waals surface area contributed by atoms with Crippen LogP contribution in [0, 0.1) is 5.82 Å². The summed E-state index contributed by atoms with van der Waals surface area (Å²) in [4.78, 5) is 15.9. The summed E-state index contributed by atoms with van der Waals surface area (Å²) >= 11 is -2.25. The smallest absolute Gasteiger partial charge is 0.252 e. The second-order valence-corrected chi connectivity index (χ2v) is 6.24. The van der Waals surface area contributed by atoms with Crippen molar-refractivity contribution in [1.82, 2.24) is 4.98 Å². The molecule has 0 radical (unpaired) electrons. The van der Waals surface area contributed by atoms with Crippen LogP contribution in [0.25, 0.3) is 10.9 Å². The van der Waals surface area contributed by atoms with E-state index in [1.807, 2.05) is 0 Å². The first-order valence-electron chi connectivity index (χ1n) is 7.24. The highest BCUT2D eigenvalue weighted by molar-refractivity contribution is 7.78. The molecule has 3 rings (SSSR count). The number of benzene rings is 2. The predicted molar refractivity (Wildman–Crippen MR) is 92.6 cm³/mol. The van der Waals surface area contributed by atoms with Crippen LogP contribution in [0.15, 0.2) is 48.7 Å². The highest BCUT2D eigenvalue weighted by Gasteiger charge is 2.14. The third-order valence-electron chi connectivity index (χ3n) is 3.58. The summed E-state index contributed by atoms with van der Waals surface area (Å²) in [6.45, 7) is 0. The molecule has 0 bridgehead atoms. The molecule has 2 aromatic carbocycles. The maximum atomic E-state index is 13.4. The molecule has 0 fully saturated rings. The van der Waals surface area contributed by atoms with E-state index in [1.54, 1.807) is 24.3 Å². The Kier molecular flexibility index (Phi) is 4.73. The summed E-state index contributed by atoms with van der Waals surface area (Å²) in [5.74, 6) is -1.31. The van der Waals surface area contributed by atoms with Crippen LogP contribution in [0.4, 0.5) is 15.8 Å². The molecular weight excluding hydrogens is 345 g/mol. The highest BCUT2D eigenvalue weighted by atomic mass is 32.2. The minimum atomic E-state index is -2.25. The first-order chi connectivity index (χ1) is 11.9. The number of nitrogens with zero attached hydrogens (tertiary/aromatic N) is 1. The van der Waals surface area contributed by atoms with Crippen molar-refractivity contribution in [2.45, 2.75) is 5.75 Å². The van der Waals surface area contributed by atoms with Gasteiger partial charge in [0.15, 0.2) is 0 Å². The van der Waals surface area contributed by atoms with Crippen molar-refractivity contribution in [2.24, 2.45) is 5.73 Å². The number of primary amides is 1. The predicted octanol–water partition coefficient (Wildman–Crippen LogP) is 2.60. The van der Waals surface area contributed by atoms with Gasteiger partial charge in [-0.05, 0) is 35.9 Å². The van der Waals surface area contributed by atoms with Gasteiger partial charge in [-0.3, -0.25) is 14.0 Å². The molecule has 128 valence electrons. The van der Waals surface area contributed by atoms with Crippen molar-refractivity contribution in [3.63, 3.8) is 0 Å². The number of nitrogens with one attached hydrogen (secondary N) is 1. The van der Waals surface area contributed by atoms with Gasteiger partial charge >= 0.3 is 0 Å². The van der Waals surface area contributed by atoms with Gasteiger partial charge in [-0.2, -0.15) is 0 Å². The third-order valence-corrected chi connectivity index (χ3v) is 4.15. The molecule has 0 aliphatic rings. The Morgan fingerprint density at radius 3 is 2.76 bits per heavy atom. The van der Waals surface area contributed by atoms with E-state index in [-0.39, 0.29) is 11.3 Å². The normalized spacial score (nSPS) is 12.1. The van der Waals surface area contributed by atoms with E-state index >= 15 is 0 Å². The first kappa shape index (κ1) is 17.0. The number of carbonyl (C=O) groups is 1. The van der Waals surface area contributed by atoms with E-state index in [4.69, 9.17) is 5.73 Å². The minimum Gasteiger partial charge on any atom is -0.772 e. The molecule has 8 heteroatoms. The fourth-order valence-corrected chi connectivity index (χ4v) is 2.95. The highest BCUT2D eigenvalue weighted by Crippen LogP contribution is 2.30. The molecule has 0 saturated heterocycles. The fraction of sp³-hybridized carbons (Fsp3) is 0.0588. The number of hydrogen-bond donors (Lipinski definition) is 2. The largest absolute Gasteiger partial charge is 0.772 e. The summed E-state index contributed by atoms with van der Waals surface area (Å²) in [7, 11) is 0. The number of carbonyl (C=O) groups excluding carboxylic acids is 1. The molecule has 0 saturated carbocycles. The molecule has 1 amide bonds. The van der Waals surface area contributed by atoms with Gasteiger partial charge in [0, 0.05) is 23.0 Å². The van der Waals surface area contributed by atoms with E-state index in [0.29, 0.717) is 27.8 Å². The van der Waals surface area contributed by atoms with E-state index in [2.05, 4.69) is 10.3 Å². The lowest BCUT2D eigenvalue weighted by molar-refractivity contribution is 0.100. The van der Waals surface area contributed by atoms with Gasteiger partial charge < -0.3 is 15.6 Å². The number of pyridine rings is 1. The van der Waals surface area contributed by atoms with Crippen LogP contribution >= 0.6 is 0 Å². The number of amides is 1. The Hall–Kier alpha value is -2.84. The molecule has 0 aliphatic carbocycles. The standard InChI is InChI=1S/C17H14FN3O3S/c18-11-2-1-3-12(7-11)21-16-13-6-10(9-25(23)24)4-5-15(13)20-8-14(16)17(19)22/h1-8H,9H2,(H2,19,22)(H,20,21)(H,23,24)/p-1. The van der Waals surface area contributed by atoms with Gasteiger partial charge in [0.25, 0.3) is 5.91 Å². The molecular formula is C17H13FN3O3S-. The zero-order valence-corrected chi connectivity index (χ0v) is 13.7. The summed E-state index contributed by atoms with van der Waals surface area (Å²) in [6, 6.07) is 10.6. The number of rotatable bonds is 5. The summed E-state index contributed by atoms with van der Waals surface area (Å²) in [5, 5.41) is 3.50. The SMILES string of the molecule is NC(=O)c1cnc2ccc(CS(=O)[O-])cc2c1Nc1cccc(F)c1. The van der Waals surface area contributed by atoms with Crippen LogP contribution in [0.3, 0.4) is 0 Å². The average Bonchev–Trinajstić information content (AvgIpc) is 2.54. The molecule has 1 unspecified atom stereocenters. The molecule has 0 spiro atoms. The third kappa shape index (κ3) is 3.81. The quantitative estimate of drug-likeness (QED) is 0.682. The maximum Gasteiger partial charge on any atom is 0.252 e. The van der Waals surface area contributed by atoms with Crippen molar-refractivity contribution in [2.75, 3.05) is 5.32 Å². The van der Waals surface area contributed by atoms with E-state index in [0.717, 1.165) is 0 Å². The van der Waals surface area contributed by atoms with Gasteiger partial charge in [0.1, 0.15) is 5.82 Å². The van der Waals surface area contributed by atoms with Gasteiger partial charge in [-0.1, -0.05) is 23.2 Å². The molecule has 1 heterocycles.